The molecule has 33 heavy (non-hydrogen) atoms. The first-order chi connectivity index (χ1) is 16.0. The van der Waals surface area contributed by atoms with Crippen LogP contribution >= 0.6 is 0 Å². The molecule has 3 aromatic rings. The molecule has 0 unspecified atom stereocenters. The summed E-state index contributed by atoms with van der Waals surface area (Å²) in [6.45, 7) is 9.69. The summed E-state index contributed by atoms with van der Waals surface area (Å²) in [6.07, 6.45) is 9.76. The van der Waals surface area contributed by atoms with Gasteiger partial charge < -0.3 is 15.5 Å². The highest BCUT2D eigenvalue weighted by molar-refractivity contribution is 5.91. The third-order valence-corrected chi connectivity index (χ3v) is 6.07. The van der Waals surface area contributed by atoms with E-state index in [0.29, 0.717) is 25.2 Å². The minimum Gasteiger partial charge on any atom is -0.380 e. The van der Waals surface area contributed by atoms with Gasteiger partial charge in [-0.2, -0.15) is 0 Å². The van der Waals surface area contributed by atoms with Crippen LogP contribution < -0.4 is 10.6 Å². The first-order valence-electron chi connectivity index (χ1n) is 12.0. The first-order valence-corrected chi connectivity index (χ1v) is 12.0. The number of imidazole rings is 1. The molecule has 1 aliphatic rings. The van der Waals surface area contributed by atoms with Crippen LogP contribution in [0, 0.1) is 6.92 Å². The quantitative estimate of drug-likeness (QED) is 0.561. The molecule has 3 aromatic heterocycles. The first kappa shape index (κ1) is 22.9. The molecule has 0 atom stereocenters. The zero-order valence-electron chi connectivity index (χ0n) is 19.9. The van der Waals surface area contributed by atoms with Gasteiger partial charge in [0.15, 0.2) is 11.5 Å². The topological polar surface area (TPSA) is 106 Å². The van der Waals surface area contributed by atoms with Crippen LogP contribution in [-0.2, 0) is 6.42 Å². The Balaban J connectivity index is 1.61. The van der Waals surface area contributed by atoms with Crippen molar-refractivity contribution in [2.75, 3.05) is 36.8 Å². The summed E-state index contributed by atoms with van der Waals surface area (Å²) in [5.74, 6) is 1.19. The van der Waals surface area contributed by atoms with Crippen molar-refractivity contribution in [3.63, 3.8) is 0 Å². The number of nitrogens with two attached hydrogens (primary N) is 1. The van der Waals surface area contributed by atoms with Gasteiger partial charge >= 0.3 is 0 Å². The number of hydrogen-bond donors (Lipinski definition) is 1. The number of carbonyl (C=O) groups excluding carboxylic acids is 1. The predicted octanol–water partition coefficient (Wildman–Crippen LogP) is 3.25. The molecule has 4 heterocycles. The second kappa shape index (κ2) is 10.1. The maximum Gasteiger partial charge on any atom is 0.293 e. The lowest BCUT2D eigenvalue weighted by molar-refractivity contribution is 0.0741. The summed E-state index contributed by atoms with van der Waals surface area (Å²) in [4.78, 5) is 30.6. The van der Waals surface area contributed by atoms with E-state index in [1.165, 1.54) is 24.8 Å². The number of rotatable bonds is 8. The number of anilines is 2. The van der Waals surface area contributed by atoms with Crippen molar-refractivity contribution < 1.29 is 4.79 Å². The number of fused-ring (bicyclic) bond motifs is 1. The molecule has 0 bridgehead atoms. The Morgan fingerprint density at radius 2 is 1.82 bits per heavy atom. The van der Waals surface area contributed by atoms with Gasteiger partial charge in [0.1, 0.15) is 5.82 Å². The van der Waals surface area contributed by atoms with E-state index < -0.39 is 0 Å². The summed E-state index contributed by atoms with van der Waals surface area (Å²) in [6, 6.07) is 2.18. The molecular formula is C24H34N8O. The van der Waals surface area contributed by atoms with E-state index in [4.69, 9.17) is 10.7 Å². The van der Waals surface area contributed by atoms with Crippen molar-refractivity contribution in [2.45, 2.75) is 59.3 Å². The Morgan fingerprint density at radius 1 is 1.09 bits per heavy atom. The number of amides is 1. The van der Waals surface area contributed by atoms with Gasteiger partial charge in [0.05, 0.1) is 11.9 Å². The van der Waals surface area contributed by atoms with Crippen LogP contribution in [0.4, 0.5) is 11.6 Å². The Hall–Kier alpha value is -3.23. The third kappa shape index (κ3) is 4.91. The zero-order valence-corrected chi connectivity index (χ0v) is 19.9. The van der Waals surface area contributed by atoms with Crippen molar-refractivity contribution >= 4 is 23.2 Å². The molecule has 0 aromatic carbocycles. The molecule has 1 saturated heterocycles. The molecule has 9 nitrogen and oxygen atoms in total. The Morgan fingerprint density at radius 3 is 2.48 bits per heavy atom. The van der Waals surface area contributed by atoms with Crippen LogP contribution in [0.3, 0.4) is 0 Å². The molecule has 1 fully saturated rings. The van der Waals surface area contributed by atoms with E-state index in [9.17, 15) is 4.79 Å². The van der Waals surface area contributed by atoms with Crippen LogP contribution in [0.2, 0.25) is 0 Å². The summed E-state index contributed by atoms with van der Waals surface area (Å²) < 4.78 is 1.65. The van der Waals surface area contributed by atoms with Gasteiger partial charge in [0.25, 0.3) is 5.91 Å². The van der Waals surface area contributed by atoms with Gasteiger partial charge in [-0.15, -0.1) is 5.10 Å². The Labute approximate surface area is 195 Å². The fraction of sp³-hybridized carbons (Fsp3) is 0.542. The highest BCUT2D eigenvalue weighted by Crippen LogP contribution is 2.23. The number of hydrogen-bond acceptors (Lipinski definition) is 7. The number of aromatic nitrogens is 5. The second-order valence-electron chi connectivity index (χ2n) is 8.81. The van der Waals surface area contributed by atoms with Gasteiger partial charge in [-0.05, 0) is 50.2 Å². The Bertz CT molecular complexity index is 1110. The third-order valence-electron chi connectivity index (χ3n) is 6.07. The van der Waals surface area contributed by atoms with Crippen LogP contribution in [0.15, 0.2) is 18.5 Å². The molecule has 0 radical (unpaired) electrons. The number of nitrogen functional groups attached to an aromatic ring is 1. The van der Waals surface area contributed by atoms with E-state index in [0.717, 1.165) is 43.0 Å². The van der Waals surface area contributed by atoms with Crippen molar-refractivity contribution in [3.8, 4) is 0 Å². The summed E-state index contributed by atoms with van der Waals surface area (Å²) in [7, 11) is 0. The Kier molecular flexibility index (Phi) is 7.05. The van der Waals surface area contributed by atoms with Gasteiger partial charge in [0.2, 0.25) is 5.82 Å². The van der Waals surface area contributed by atoms with Gasteiger partial charge in [-0.3, -0.25) is 4.79 Å². The lowest BCUT2D eigenvalue weighted by Crippen LogP contribution is -2.34. The van der Waals surface area contributed by atoms with Crippen LogP contribution in [0.25, 0.3) is 5.65 Å². The smallest absolute Gasteiger partial charge is 0.293 e. The van der Waals surface area contributed by atoms with E-state index in [1.54, 1.807) is 15.6 Å². The number of nitrogens with zero attached hydrogens (tertiary/aromatic N) is 7. The molecule has 176 valence electrons. The molecule has 0 spiro atoms. The van der Waals surface area contributed by atoms with Crippen molar-refractivity contribution in [2.24, 2.45) is 0 Å². The molecule has 4 rings (SSSR count). The number of pyridine rings is 1. The van der Waals surface area contributed by atoms with Crippen molar-refractivity contribution in [3.05, 3.63) is 41.1 Å². The highest BCUT2D eigenvalue weighted by Gasteiger charge is 2.21. The molecule has 2 N–H and O–H groups in total. The maximum atomic E-state index is 13.0. The zero-order chi connectivity index (χ0) is 23.4. The van der Waals surface area contributed by atoms with E-state index in [1.807, 2.05) is 6.20 Å². The largest absolute Gasteiger partial charge is 0.380 e. The lowest BCUT2D eigenvalue weighted by atomic mass is 10.1. The summed E-state index contributed by atoms with van der Waals surface area (Å²) >= 11 is 0. The monoisotopic (exact) mass is 450 g/mol. The van der Waals surface area contributed by atoms with Gasteiger partial charge in [0, 0.05) is 38.8 Å². The van der Waals surface area contributed by atoms with E-state index in [-0.39, 0.29) is 17.5 Å². The average Bonchev–Trinajstić information content (AvgIpc) is 3.22. The molecule has 9 heteroatoms. The average molecular weight is 451 g/mol. The lowest BCUT2D eigenvalue weighted by Gasteiger charge is -2.29. The standard InChI is InChI=1S/C24H34N8O/c1-4-9-31(10-5-2)24(33)21-28-20(25)23-27-16-19(32(23)29-21)14-18-13-17(3)22(26-15-18)30-11-7-6-8-12-30/h13,15-16H,4-12,14H2,1-3H3,(H2,25,28,29). The van der Waals surface area contributed by atoms with Crippen LogP contribution in [0.1, 0.15) is 73.4 Å². The van der Waals surface area contributed by atoms with Crippen molar-refractivity contribution in [1.29, 1.82) is 0 Å². The fourth-order valence-electron chi connectivity index (χ4n) is 4.52. The molecular weight excluding hydrogens is 416 g/mol. The van der Waals surface area contributed by atoms with Crippen LogP contribution in [-0.4, -0.2) is 61.6 Å². The highest BCUT2D eigenvalue weighted by atomic mass is 16.2. The van der Waals surface area contributed by atoms with Crippen LogP contribution in [0.5, 0.6) is 0 Å². The molecule has 0 saturated carbocycles. The predicted molar refractivity (Wildman–Crippen MR) is 130 cm³/mol. The van der Waals surface area contributed by atoms with Gasteiger partial charge in [-0.1, -0.05) is 19.9 Å². The number of aryl methyl sites for hydroxylation is 1. The number of carbonyl (C=O) groups is 1. The fourth-order valence-corrected chi connectivity index (χ4v) is 4.52. The summed E-state index contributed by atoms with van der Waals surface area (Å²) in [5.41, 5.74) is 9.70. The normalized spacial score (nSPS) is 14.1. The second-order valence-corrected chi connectivity index (χ2v) is 8.81. The minimum absolute atomic E-state index is 0.107. The molecule has 1 aliphatic heterocycles. The SMILES string of the molecule is CCCN(CCC)C(=O)c1nc(N)c2ncc(Cc3cnc(N4CCCCC4)c(C)c3)n2n1. The maximum absolute atomic E-state index is 13.0. The van der Waals surface area contributed by atoms with E-state index >= 15 is 0 Å². The number of piperidine rings is 1. The summed E-state index contributed by atoms with van der Waals surface area (Å²) in [5, 5.41) is 4.53. The minimum atomic E-state index is -0.199. The van der Waals surface area contributed by atoms with E-state index in [2.05, 4.69) is 46.8 Å². The van der Waals surface area contributed by atoms with Gasteiger partial charge in [-0.25, -0.2) is 19.5 Å². The van der Waals surface area contributed by atoms with Crippen molar-refractivity contribution in [1.82, 2.24) is 29.5 Å². The molecule has 1 amide bonds. The molecule has 0 aliphatic carbocycles.